The van der Waals surface area contributed by atoms with Crippen LogP contribution in [0.4, 0.5) is 10.5 Å². The Labute approximate surface area is 207 Å². The van der Waals surface area contributed by atoms with E-state index in [-0.39, 0.29) is 30.9 Å². The number of nitrogens with one attached hydrogen (secondary N) is 2. The maximum atomic E-state index is 12.5. The molecule has 2 aromatic carbocycles. The highest BCUT2D eigenvalue weighted by molar-refractivity contribution is 5.95. The first-order valence-electron chi connectivity index (χ1n) is 11.2. The molecule has 0 unspecified atom stereocenters. The summed E-state index contributed by atoms with van der Waals surface area (Å²) >= 11 is 0. The van der Waals surface area contributed by atoms with Gasteiger partial charge in [-0.2, -0.15) is 0 Å². The van der Waals surface area contributed by atoms with E-state index in [0.29, 0.717) is 50.9 Å². The topological polar surface area (TPSA) is 120 Å². The van der Waals surface area contributed by atoms with E-state index in [2.05, 4.69) is 10.6 Å². The van der Waals surface area contributed by atoms with E-state index >= 15 is 0 Å². The van der Waals surface area contributed by atoms with Gasteiger partial charge in [-0.05, 0) is 49.8 Å². The Kier molecular flexibility index (Phi) is 14.0. The molecule has 1 atom stereocenters. The fourth-order valence-corrected chi connectivity index (χ4v) is 3.16. The summed E-state index contributed by atoms with van der Waals surface area (Å²) in [6.45, 7) is 2.71. The van der Waals surface area contributed by atoms with Crippen LogP contribution >= 0.6 is 12.4 Å². The minimum Gasteiger partial charge on any atom is -0.466 e. The van der Waals surface area contributed by atoms with Gasteiger partial charge in [-0.15, -0.1) is 12.4 Å². The van der Waals surface area contributed by atoms with Crippen LogP contribution in [0.25, 0.3) is 0 Å². The van der Waals surface area contributed by atoms with E-state index < -0.39 is 12.1 Å². The Morgan fingerprint density at radius 3 is 2.41 bits per heavy atom. The summed E-state index contributed by atoms with van der Waals surface area (Å²) in [5.74, 6) is -0.516. The van der Waals surface area contributed by atoms with E-state index in [4.69, 9.17) is 15.2 Å². The van der Waals surface area contributed by atoms with Crippen molar-refractivity contribution in [2.24, 2.45) is 5.73 Å². The Balaban J connectivity index is 0.00000578. The van der Waals surface area contributed by atoms with Crippen molar-refractivity contribution in [3.8, 4) is 0 Å². The van der Waals surface area contributed by atoms with Crippen LogP contribution < -0.4 is 16.4 Å². The van der Waals surface area contributed by atoms with Crippen LogP contribution in [-0.4, -0.2) is 37.2 Å². The second kappa shape index (κ2) is 16.5. The minimum atomic E-state index is -0.709. The molecule has 0 aliphatic heterocycles. The summed E-state index contributed by atoms with van der Waals surface area (Å²) in [5.41, 5.74) is 8.55. The fourth-order valence-electron chi connectivity index (χ4n) is 3.16. The molecule has 8 nitrogen and oxygen atoms in total. The number of rotatable bonds is 13. The lowest BCUT2D eigenvalue weighted by Gasteiger charge is -2.15. The average Bonchev–Trinajstić information content (AvgIpc) is 2.82. The maximum Gasteiger partial charge on any atom is 0.407 e. The Bertz CT molecular complexity index is 895. The third-order valence-corrected chi connectivity index (χ3v) is 4.92. The summed E-state index contributed by atoms with van der Waals surface area (Å²) in [6.07, 6.45) is 2.04. The molecule has 0 aliphatic carbocycles. The second-order valence-electron chi connectivity index (χ2n) is 7.54. The van der Waals surface area contributed by atoms with E-state index in [1.165, 1.54) is 0 Å². The number of para-hydroxylation sites is 1. The number of hydrogen-bond donors (Lipinski definition) is 3. The Morgan fingerprint density at radius 2 is 1.68 bits per heavy atom. The van der Waals surface area contributed by atoms with Gasteiger partial charge in [0.1, 0.15) is 6.61 Å². The number of anilines is 1. The third kappa shape index (κ3) is 11.2. The zero-order valence-electron chi connectivity index (χ0n) is 19.5. The average molecular weight is 492 g/mol. The highest BCUT2D eigenvalue weighted by atomic mass is 35.5. The van der Waals surface area contributed by atoms with Gasteiger partial charge in [-0.25, -0.2) is 4.79 Å². The standard InChI is InChI=1S/C25H33N3O5.ClH/c1-2-32-23(29)16-8-13-20-12-6-7-15-22(20)28-24(30)21(26)14-9-17-27-25(31)33-18-19-10-4-3-5-11-19;/h3-7,10-12,15,21H,2,8-9,13-14,16-18,26H2,1H3,(H,27,31)(H,28,30);1H/t21-;/m0./s1. The number of aryl methyl sites for hydroxylation is 1. The van der Waals surface area contributed by atoms with Crippen molar-refractivity contribution in [1.82, 2.24) is 5.32 Å². The van der Waals surface area contributed by atoms with Crippen molar-refractivity contribution in [2.45, 2.75) is 51.7 Å². The number of carbonyl (C=O) groups excluding carboxylic acids is 3. The molecule has 186 valence electrons. The zero-order chi connectivity index (χ0) is 23.9. The molecule has 0 heterocycles. The minimum absolute atomic E-state index is 0. The van der Waals surface area contributed by atoms with Gasteiger partial charge in [-0.3, -0.25) is 9.59 Å². The lowest BCUT2D eigenvalue weighted by atomic mass is 10.1. The van der Waals surface area contributed by atoms with Crippen molar-refractivity contribution in [2.75, 3.05) is 18.5 Å². The smallest absolute Gasteiger partial charge is 0.407 e. The van der Waals surface area contributed by atoms with Crippen LogP contribution in [0.15, 0.2) is 54.6 Å². The van der Waals surface area contributed by atoms with Crippen molar-refractivity contribution in [3.63, 3.8) is 0 Å². The molecule has 9 heteroatoms. The number of hydrogen-bond acceptors (Lipinski definition) is 6. The molecule has 0 radical (unpaired) electrons. The quantitative estimate of drug-likeness (QED) is 0.288. The number of ether oxygens (including phenoxy) is 2. The normalized spacial score (nSPS) is 11.0. The molecule has 0 bridgehead atoms. The van der Waals surface area contributed by atoms with Crippen LogP contribution in [0.3, 0.4) is 0 Å². The summed E-state index contributed by atoms with van der Waals surface area (Å²) in [5, 5.41) is 5.53. The molecule has 4 N–H and O–H groups in total. The molecule has 0 fully saturated rings. The van der Waals surface area contributed by atoms with Gasteiger partial charge < -0.3 is 25.8 Å². The van der Waals surface area contributed by atoms with Gasteiger partial charge in [0.05, 0.1) is 12.6 Å². The summed E-state index contributed by atoms with van der Waals surface area (Å²) < 4.78 is 10.1. The molecule has 0 aromatic heterocycles. The van der Waals surface area contributed by atoms with Gasteiger partial charge in [-0.1, -0.05) is 48.5 Å². The van der Waals surface area contributed by atoms with Crippen molar-refractivity contribution in [1.29, 1.82) is 0 Å². The SMILES string of the molecule is CCOC(=O)CCCc1ccccc1NC(=O)[C@@H](N)CCCNC(=O)OCc1ccccc1.Cl. The van der Waals surface area contributed by atoms with Crippen molar-refractivity contribution >= 4 is 36.1 Å². The molecule has 0 saturated carbocycles. The van der Waals surface area contributed by atoms with Crippen molar-refractivity contribution < 1.29 is 23.9 Å². The number of alkyl carbamates (subject to hydrolysis) is 1. The molecule has 0 aliphatic rings. The molecule has 2 aromatic rings. The number of amides is 2. The number of halogens is 1. The largest absolute Gasteiger partial charge is 0.466 e. The van der Waals surface area contributed by atoms with Gasteiger partial charge >= 0.3 is 12.1 Å². The molecule has 2 rings (SSSR count). The lowest BCUT2D eigenvalue weighted by molar-refractivity contribution is -0.143. The first kappa shape index (κ1) is 28.9. The first-order chi connectivity index (χ1) is 16.0. The molecular weight excluding hydrogens is 458 g/mol. The van der Waals surface area contributed by atoms with Gasteiger partial charge in [0.25, 0.3) is 0 Å². The number of benzene rings is 2. The monoisotopic (exact) mass is 491 g/mol. The summed E-state index contributed by atoms with van der Waals surface area (Å²) in [7, 11) is 0. The van der Waals surface area contributed by atoms with Gasteiger partial charge in [0.2, 0.25) is 5.91 Å². The van der Waals surface area contributed by atoms with Crippen molar-refractivity contribution in [3.05, 3.63) is 65.7 Å². The van der Waals surface area contributed by atoms with Gasteiger partial charge in [0, 0.05) is 18.7 Å². The highest BCUT2D eigenvalue weighted by Crippen LogP contribution is 2.18. The Morgan fingerprint density at radius 1 is 0.971 bits per heavy atom. The second-order valence-corrected chi connectivity index (χ2v) is 7.54. The maximum absolute atomic E-state index is 12.5. The third-order valence-electron chi connectivity index (χ3n) is 4.92. The predicted molar refractivity (Wildman–Crippen MR) is 134 cm³/mol. The molecule has 34 heavy (non-hydrogen) atoms. The Hall–Kier alpha value is -3.10. The summed E-state index contributed by atoms with van der Waals surface area (Å²) in [6, 6.07) is 16.2. The van der Waals surface area contributed by atoms with Crippen LogP contribution in [0, 0.1) is 0 Å². The highest BCUT2D eigenvalue weighted by Gasteiger charge is 2.15. The van der Waals surface area contributed by atoms with E-state index in [1.807, 2.05) is 54.6 Å². The predicted octanol–water partition coefficient (Wildman–Crippen LogP) is 3.97. The molecular formula is C25H34ClN3O5. The van der Waals surface area contributed by atoms with E-state index in [1.54, 1.807) is 6.92 Å². The fraction of sp³-hybridized carbons (Fsp3) is 0.400. The molecule has 2 amide bonds. The van der Waals surface area contributed by atoms with E-state index in [0.717, 1.165) is 11.1 Å². The number of nitrogens with two attached hydrogens (primary N) is 1. The number of esters is 1. The van der Waals surface area contributed by atoms with Crippen LogP contribution in [-0.2, 0) is 32.1 Å². The van der Waals surface area contributed by atoms with Gasteiger partial charge in [0.15, 0.2) is 0 Å². The molecule has 0 spiro atoms. The zero-order valence-corrected chi connectivity index (χ0v) is 20.3. The lowest BCUT2D eigenvalue weighted by Crippen LogP contribution is -2.36. The van der Waals surface area contributed by atoms with E-state index in [9.17, 15) is 14.4 Å². The van der Waals surface area contributed by atoms with Crippen LogP contribution in [0.1, 0.15) is 43.7 Å². The first-order valence-corrected chi connectivity index (χ1v) is 11.2. The summed E-state index contributed by atoms with van der Waals surface area (Å²) in [4.78, 5) is 35.8. The number of carbonyl (C=O) groups is 3. The molecule has 0 saturated heterocycles. The van der Waals surface area contributed by atoms with Crippen LogP contribution in [0.2, 0.25) is 0 Å². The van der Waals surface area contributed by atoms with Crippen LogP contribution in [0.5, 0.6) is 0 Å².